The number of fused-ring (bicyclic) bond motifs is 1. The molecule has 2 rings (SSSR count). The monoisotopic (exact) mass is 242 g/mol. The van der Waals surface area contributed by atoms with Crippen molar-refractivity contribution in [1.82, 2.24) is 15.3 Å². The summed E-state index contributed by atoms with van der Waals surface area (Å²) in [4.78, 5) is 7.61. The quantitative estimate of drug-likeness (QED) is 0.869. The lowest BCUT2D eigenvalue weighted by atomic mass is 9.82. The number of nitriles is 1. The van der Waals surface area contributed by atoms with Gasteiger partial charge in [-0.1, -0.05) is 6.07 Å². The van der Waals surface area contributed by atoms with Gasteiger partial charge in [-0.2, -0.15) is 5.26 Å². The van der Waals surface area contributed by atoms with Crippen molar-refractivity contribution in [1.29, 1.82) is 5.26 Å². The summed E-state index contributed by atoms with van der Waals surface area (Å²) in [6.07, 6.45) is 0. The summed E-state index contributed by atoms with van der Waals surface area (Å²) in [6.45, 7) is 5.82. The van der Waals surface area contributed by atoms with Gasteiger partial charge in [-0.15, -0.1) is 0 Å². The molecule has 0 aliphatic carbocycles. The molecule has 0 fully saturated rings. The maximum Gasteiger partial charge on any atom is 0.104 e. The van der Waals surface area contributed by atoms with Crippen LogP contribution >= 0.6 is 0 Å². The molecule has 1 unspecified atom stereocenters. The standard InChI is InChI=1S/C14H18N4/c1-9-17-11-6-5-10(7-12(11)18-9)13(16-4)14(2,3)8-15/h5-7,13,16H,1-4H3,(H,17,18). The lowest BCUT2D eigenvalue weighted by Gasteiger charge is -2.28. The molecule has 2 N–H and O–H groups in total. The lowest BCUT2D eigenvalue weighted by molar-refractivity contribution is 0.344. The van der Waals surface area contributed by atoms with Crippen LogP contribution in [0.1, 0.15) is 31.3 Å². The maximum absolute atomic E-state index is 9.26. The average molecular weight is 242 g/mol. The molecule has 0 saturated heterocycles. The highest BCUT2D eigenvalue weighted by Crippen LogP contribution is 2.33. The Labute approximate surface area is 107 Å². The number of imidazole rings is 1. The Kier molecular flexibility index (Phi) is 3.10. The first-order chi connectivity index (χ1) is 8.47. The van der Waals surface area contributed by atoms with E-state index in [0.29, 0.717) is 0 Å². The van der Waals surface area contributed by atoms with Gasteiger partial charge >= 0.3 is 0 Å². The van der Waals surface area contributed by atoms with Crippen LogP contribution in [0, 0.1) is 23.7 Å². The summed E-state index contributed by atoms with van der Waals surface area (Å²) in [5.41, 5.74) is 2.61. The minimum absolute atomic E-state index is 0.00416. The second kappa shape index (κ2) is 4.43. The number of H-pyrrole nitrogens is 1. The first kappa shape index (κ1) is 12.6. The molecule has 4 nitrogen and oxygen atoms in total. The first-order valence-corrected chi connectivity index (χ1v) is 6.02. The summed E-state index contributed by atoms with van der Waals surface area (Å²) < 4.78 is 0. The molecular formula is C14H18N4. The predicted octanol–water partition coefficient (Wildman–Crippen LogP) is 2.68. The van der Waals surface area contributed by atoms with E-state index in [1.165, 1.54) is 0 Å². The summed E-state index contributed by atoms with van der Waals surface area (Å²) in [7, 11) is 1.88. The van der Waals surface area contributed by atoms with Crippen molar-refractivity contribution < 1.29 is 0 Å². The van der Waals surface area contributed by atoms with Crippen LogP contribution in [0.4, 0.5) is 0 Å². The highest BCUT2D eigenvalue weighted by atomic mass is 14.9. The van der Waals surface area contributed by atoms with Gasteiger partial charge in [0.05, 0.1) is 28.6 Å². The van der Waals surface area contributed by atoms with Crippen LogP contribution in [0.25, 0.3) is 11.0 Å². The van der Waals surface area contributed by atoms with Crippen molar-refractivity contribution in [2.75, 3.05) is 7.05 Å². The van der Waals surface area contributed by atoms with Gasteiger partial charge in [-0.05, 0) is 45.5 Å². The zero-order chi connectivity index (χ0) is 13.3. The van der Waals surface area contributed by atoms with E-state index in [1.54, 1.807) is 0 Å². The second-order valence-corrected chi connectivity index (χ2v) is 5.15. The van der Waals surface area contributed by atoms with Gasteiger partial charge in [0, 0.05) is 0 Å². The van der Waals surface area contributed by atoms with E-state index in [0.717, 1.165) is 22.4 Å². The summed E-state index contributed by atoms with van der Waals surface area (Å²) in [5, 5.41) is 12.5. The number of rotatable bonds is 3. The highest BCUT2D eigenvalue weighted by Gasteiger charge is 2.29. The van der Waals surface area contributed by atoms with Crippen LogP contribution in [0.5, 0.6) is 0 Å². The number of aryl methyl sites for hydroxylation is 1. The minimum Gasteiger partial charge on any atom is -0.342 e. The zero-order valence-corrected chi connectivity index (χ0v) is 11.2. The lowest BCUT2D eigenvalue weighted by Crippen LogP contribution is -2.30. The predicted molar refractivity (Wildman–Crippen MR) is 72.0 cm³/mol. The van der Waals surface area contributed by atoms with Crippen LogP contribution in [-0.4, -0.2) is 17.0 Å². The molecule has 4 heteroatoms. The van der Waals surface area contributed by atoms with Crippen molar-refractivity contribution in [3.63, 3.8) is 0 Å². The Bertz CT molecular complexity index is 604. The van der Waals surface area contributed by atoms with Gasteiger partial charge in [0.1, 0.15) is 5.82 Å². The van der Waals surface area contributed by atoms with Crippen LogP contribution in [0.15, 0.2) is 18.2 Å². The highest BCUT2D eigenvalue weighted by molar-refractivity contribution is 5.76. The zero-order valence-electron chi connectivity index (χ0n) is 11.2. The van der Waals surface area contributed by atoms with Crippen LogP contribution in [-0.2, 0) is 0 Å². The molecular weight excluding hydrogens is 224 g/mol. The van der Waals surface area contributed by atoms with Crippen LogP contribution < -0.4 is 5.32 Å². The summed E-state index contributed by atoms with van der Waals surface area (Å²) in [5.74, 6) is 0.905. The third-order valence-electron chi connectivity index (χ3n) is 3.26. The Morgan fingerprint density at radius 3 is 2.78 bits per heavy atom. The molecule has 18 heavy (non-hydrogen) atoms. The summed E-state index contributed by atoms with van der Waals surface area (Å²) >= 11 is 0. The van der Waals surface area contributed by atoms with Crippen LogP contribution in [0.3, 0.4) is 0 Å². The van der Waals surface area contributed by atoms with E-state index >= 15 is 0 Å². The third-order valence-corrected chi connectivity index (χ3v) is 3.26. The van der Waals surface area contributed by atoms with E-state index < -0.39 is 5.41 Å². The molecule has 1 aromatic heterocycles. The number of nitrogens with one attached hydrogen (secondary N) is 2. The molecule has 0 radical (unpaired) electrons. The number of aromatic nitrogens is 2. The van der Waals surface area contributed by atoms with Gasteiger partial charge in [0.15, 0.2) is 0 Å². The first-order valence-electron chi connectivity index (χ1n) is 6.02. The average Bonchev–Trinajstić information content (AvgIpc) is 2.69. The fourth-order valence-electron chi connectivity index (χ4n) is 2.34. The van der Waals surface area contributed by atoms with Gasteiger partial charge in [0.2, 0.25) is 0 Å². The maximum atomic E-state index is 9.26. The molecule has 94 valence electrons. The van der Waals surface area contributed by atoms with Gasteiger partial charge in [-0.25, -0.2) is 4.98 Å². The van der Waals surface area contributed by atoms with E-state index in [2.05, 4.69) is 27.4 Å². The topological polar surface area (TPSA) is 64.5 Å². The number of nitrogens with zero attached hydrogens (tertiary/aromatic N) is 2. The van der Waals surface area contributed by atoms with E-state index in [9.17, 15) is 5.26 Å². The molecule has 0 aliphatic rings. The normalized spacial score (nSPS) is 13.5. The van der Waals surface area contributed by atoms with Gasteiger partial charge in [-0.3, -0.25) is 0 Å². The van der Waals surface area contributed by atoms with E-state index in [4.69, 9.17) is 0 Å². The Morgan fingerprint density at radius 1 is 1.44 bits per heavy atom. The second-order valence-electron chi connectivity index (χ2n) is 5.15. The molecule has 1 atom stereocenters. The largest absolute Gasteiger partial charge is 0.342 e. The van der Waals surface area contributed by atoms with Crippen molar-refractivity contribution >= 4 is 11.0 Å². The molecule has 0 saturated carbocycles. The third kappa shape index (κ3) is 2.09. The van der Waals surface area contributed by atoms with Crippen molar-refractivity contribution in [3.05, 3.63) is 29.6 Å². The Morgan fingerprint density at radius 2 is 2.17 bits per heavy atom. The molecule has 1 aromatic carbocycles. The minimum atomic E-state index is -0.461. The van der Waals surface area contributed by atoms with Crippen molar-refractivity contribution in [3.8, 4) is 6.07 Å². The molecule has 1 heterocycles. The number of hydrogen-bond acceptors (Lipinski definition) is 3. The van der Waals surface area contributed by atoms with Crippen LogP contribution in [0.2, 0.25) is 0 Å². The number of aromatic amines is 1. The molecule has 0 spiro atoms. The SMILES string of the molecule is CNC(c1ccc2nc(C)[nH]c2c1)C(C)(C)C#N. The fourth-order valence-corrected chi connectivity index (χ4v) is 2.34. The Balaban J connectivity index is 2.49. The fraction of sp³-hybridized carbons (Fsp3) is 0.429. The van der Waals surface area contributed by atoms with Gasteiger partial charge in [0.25, 0.3) is 0 Å². The van der Waals surface area contributed by atoms with Crippen molar-refractivity contribution in [2.45, 2.75) is 26.8 Å². The van der Waals surface area contributed by atoms with E-state index in [1.807, 2.05) is 40.0 Å². The Hall–Kier alpha value is -1.86. The smallest absolute Gasteiger partial charge is 0.104 e. The van der Waals surface area contributed by atoms with Gasteiger partial charge < -0.3 is 10.3 Å². The molecule has 0 bridgehead atoms. The molecule has 0 amide bonds. The molecule has 0 aliphatic heterocycles. The van der Waals surface area contributed by atoms with E-state index in [-0.39, 0.29) is 6.04 Å². The molecule has 2 aromatic rings. The summed E-state index contributed by atoms with van der Waals surface area (Å²) in [6, 6.07) is 8.44. The van der Waals surface area contributed by atoms with Crippen molar-refractivity contribution in [2.24, 2.45) is 5.41 Å². The number of hydrogen-bond donors (Lipinski definition) is 2. The number of benzene rings is 1.